The van der Waals surface area contributed by atoms with Crippen LogP contribution in [0.2, 0.25) is 0 Å². The number of oxime groups is 1. The molecule has 5 nitrogen and oxygen atoms in total. The van der Waals surface area contributed by atoms with Gasteiger partial charge in [-0.2, -0.15) is 0 Å². The van der Waals surface area contributed by atoms with Crippen LogP contribution < -0.4 is 0 Å². The Morgan fingerprint density at radius 3 is 2.42 bits per heavy atom. The Kier molecular flexibility index (Phi) is 4.54. The number of amides is 1. The number of carbonyl (C=O) groups is 2. The summed E-state index contributed by atoms with van der Waals surface area (Å²) in [6.07, 6.45) is 2.24. The Hall–Kier alpha value is -1.69. The molecule has 0 radical (unpaired) electrons. The normalized spacial score (nSPS) is 30.5. The lowest BCUT2D eigenvalue weighted by atomic mass is 9.64. The fraction of sp³-hybridized carbons (Fsp3) is 0.550. The Labute approximate surface area is 162 Å². The quantitative estimate of drug-likeness (QED) is 0.541. The minimum Gasteiger partial charge on any atom is -0.348 e. The molecule has 0 saturated heterocycles. The molecule has 2 bridgehead atoms. The second-order valence-electron chi connectivity index (χ2n) is 8.31. The van der Waals surface area contributed by atoms with Gasteiger partial charge in [0.1, 0.15) is 0 Å². The summed E-state index contributed by atoms with van der Waals surface area (Å²) in [5, 5.41) is 4.25. The number of fused-ring (bicyclic) bond motifs is 2. The van der Waals surface area contributed by atoms with Gasteiger partial charge in [-0.15, -0.1) is 0 Å². The summed E-state index contributed by atoms with van der Waals surface area (Å²) in [5.74, 6) is -0.365. The number of hydrogen-bond acceptors (Lipinski definition) is 4. The van der Waals surface area contributed by atoms with Gasteiger partial charge in [-0.1, -0.05) is 38.1 Å². The van der Waals surface area contributed by atoms with Crippen molar-refractivity contribution in [1.82, 2.24) is 4.90 Å². The summed E-state index contributed by atoms with van der Waals surface area (Å²) in [7, 11) is 3.59. The molecule has 2 fully saturated rings. The van der Waals surface area contributed by atoms with Crippen LogP contribution in [0, 0.1) is 16.2 Å². The molecule has 2 aliphatic carbocycles. The molecule has 2 atom stereocenters. The van der Waals surface area contributed by atoms with Crippen LogP contribution >= 0.6 is 15.9 Å². The van der Waals surface area contributed by atoms with Crippen LogP contribution in [0.25, 0.3) is 0 Å². The molecule has 0 aliphatic heterocycles. The number of hydrogen-bond donors (Lipinski definition) is 0. The largest absolute Gasteiger partial charge is 0.366 e. The highest BCUT2D eigenvalue weighted by Crippen LogP contribution is 2.71. The van der Waals surface area contributed by atoms with Crippen LogP contribution in [-0.2, 0) is 9.63 Å². The Bertz CT molecular complexity index is 802. The minimum absolute atomic E-state index is 0.133. The second-order valence-corrected chi connectivity index (χ2v) is 9.17. The smallest absolute Gasteiger partial charge is 0.348 e. The zero-order chi connectivity index (χ0) is 19.3. The van der Waals surface area contributed by atoms with Crippen LogP contribution in [0.3, 0.4) is 0 Å². The Morgan fingerprint density at radius 2 is 1.81 bits per heavy atom. The molecule has 0 aromatic heterocycles. The topological polar surface area (TPSA) is 59.0 Å². The van der Waals surface area contributed by atoms with Gasteiger partial charge in [-0.3, -0.25) is 4.79 Å². The lowest BCUT2D eigenvalue weighted by Crippen LogP contribution is -2.46. The van der Waals surface area contributed by atoms with Gasteiger partial charge in [0.05, 0.1) is 16.7 Å². The first-order valence-electron chi connectivity index (χ1n) is 8.82. The van der Waals surface area contributed by atoms with Crippen molar-refractivity contribution in [3.05, 3.63) is 34.3 Å². The molecule has 1 amide bonds. The fourth-order valence-corrected chi connectivity index (χ4v) is 5.14. The predicted octanol–water partition coefficient (Wildman–Crippen LogP) is 4.27. The summed E-state index contributed by atoms with van der Waals surface area (Å²) in [4.78, 5) is 32.3. The molecule has 140 valence electrons. The van der Waals surface area contributed by atoms with Crippen LogP contribution in [-0.4, -0.2) is 36.6 Å². The van der Waals surface area contributed by atoms with E-state index in [0.717, 1.165) is 18.6 Å². The number of rotatable bonds is 3. The average molecular weight is 421 g/mol. The van der Waals surface area contributed by atoms with E-state index in [9.17, 15) is 9.59 Å². The van der Waals surface area contributed by atoms with Crippen molar-refractivity contribution in [3.63, 3.8) is 0 Å². The molecule has 1 aromatic carbocycles. The van der Waals surface area contributed by atoms with Crippen LogP contribution in [0.4, 0.5) is 0 Å². The molecule has 6 heteroatoms. The molecule has 0 heterocycles. The standard InChI is InChI=1S/C20H25BrN2O3/c1-18(2)19(3)10-11-20(18,17(25)23(4)5)12-15(19)22-26-16(24)13-8-6-7-9-14(13)21/h6-9H,10-12H2,1-5H3. The monoisotopic (exact) mass is 420 g/mol. The van der Waals surface area contributed by atoms with Gasteiger partial charge < -0.3 is 9.74 Å². The summed E-state index contributed by atoms with van der Waals surface area (Å²) in [6, 6.07) is 7.09. The van der Waals surface area contributed by atoms with E-state index in [4.69, 9.17) is 4.84 Å². The van der Waals surface area contributed by atoms with E-state index in [1.165, 1.54) is 0 Å². The average Bonchev–Trinajstić information content (AvgIpc) is 2.89. The first-order valence-corrected chi connectivity index (χ1v) is 9.61. The van der Waals surface area contributed by atoms with E-state index in [0.29, 0.717) is 16.5 Å². The van der Waals surface area contributed by atoms with Crippen molar-refractivity contribution in [2.45, 2.75) is 40.0 Å². The van der Waals surface area contributed by atoms with Gasteiger partial charge in [0.2, 0.25) is 5.91 Å². The lowest BCUT2D eigenvalue weighted by Gasteiger charge is -2.40. The van der Waals surface area contributed by atoms with Crippen molar-refractivity contribution in [2.24, 2.45) is 21.4 Å². The zero-order valence-electron chi connectivity index (χ0n) is 15.9. The molecule has 0 spiro atoms. The molecule has 0 N–H and O–H groups in total. The maximum absolute atomic E-state index is 13.0. The number of carbonyl (C=O) groups excluding carboxylic acids is 2. The third-order valence-electron chi connectivity index (χ3n) is 6.88. The fourth-order valence-electron chi connectivity index (χ4n) is 4.70. The predicted molar refractivity (Wildman–Crippen MR) is 104 cm³/mol. The highest BCUT2D eigenvalue weighted by Gasteiger charge is 2.72. The number of benzene rings is 1. The zero-order valence-corrected chi connectivity index (χ0v) is 17.5. The highest BCUT2D eigenvalue weighted by atomic mass is 79.9. The molecule has 1 aromatic rings. The summed E-state index contributed by atoms with van der Waals surface area (Å²) in [5.41, 5.74) is 0.254. The molecule has 26 heavy (non-hydrogen) atoms. The van der Waals surface area contributed by atoms with Gasteiger partial charge in [-0.05, 0) is 46.3 Å². The van der Waals surface area contributed by atoms with Gasteiger partial charge in [0.15, 0.2) is 0 Å². The summed E-state index contributed by atoms with van der Waals surface area (Å²) < 4.78 is 0.670. The van der Waals surface area contributed by atoms with E-state index in [1.54, 1.807) is 37.2 Å². The lowest BCUT2D eigenvalue weighted by molar-refractivity contribution is -0.144. The van der Waals surface area contributed by atoms with Crippen LogP contribution in [0.5, 0.6) is 0 Å². The third kappa shape index (κ3) is 2.45. The second kappa shape index (κ2) is 6.19. The van der Waals surface area contributed by atoms with Crippen LogP contribution in [0.1, 0.15) is 50.4 Å². The van der Waals surface area contributed by atoms with E-state index in [1.807, 2.05) is 6.07 Å². The molecule has 2 aliphatic rings. The Balaban J connectivity index is 1.91. The minimum atomic E-state index is -0.498. The van der Waals surface area contributed by atoms with E-state index < -0.39 is 11.4 Å². The van der Waals surface area contributed by atoms with E-state index in [2.05, 4.69) is 41.9 Å². The van der Waals surface area contributed by atoms with Crippen molar-refractivity contribution >= 4 is 33.5 Å². The molecule has 2 saturated carbocycles. The molecule has 2 unspecified atom stereocenters. The van der Waals surface area contributed by atoms with Crippen molar-refractivity contribution in [2.75, 3.05) is 14.1 Å². The van der Waals surface area contributed by atoms with E-state index in [-0.39, 0.29) is 16.7 Å². The molecular weight excluding hydrogens is 396 g/mol. The van der Waals surface area contributed by atoms with Gasteiger partial charge in [-0.25, -0.2) is 4.79 Å². The van der Waals surface area contributed by atoms with Gasteiger partial charge in [0.25, 0.3) is 0 Å². The Morgan fingerprint density at radius 1 is 1.15 bits per heavy atom. The van der Waals surface area contributed by atoms with Gasteiger partial charge in [0, 0.05) is 30.4 Å². The number of nitrogens with zero attached hydrogens (tertiary/aromatic N) is 2. The summed E-state index contributed by atoms with van der Waals surface area (Å²) >= 11 is 3.36. The SMILES string of the molecule is CN(C)C(=O)C12CCC(C)(C(=NOC(=O)c3ccccc3Br)C1)C2(C)C. The van der Waals surface area contributed by atoms with Gasteiger partial charge >= 0.3 is 5.97 Å². The maximum Gasteiger partial charge on any atom is 0.366 e. The van der Waals surface area contributed by atoms with Crippen molar-refractivity contribution in [1.29, 1.82) is 0 Å². The molecule has 3 rings (SSSR count). The van der Waals surface area contributed by atoms with Crippen LogP contribution in [0.15, 0.2) is 33.9 Å². The first-order chi connectivity index (χ1) is 12.1. The highest BCUT2D eigenvalue weighted by molar-refractivity contribution is 9.10. The van der Waals surface area contributed by atoms with E-state index >= 15 is 0 Å². The maximum atomic E-state index is 13.0. The summed E-state index contributed by atoms with van der Waals surface area (Å²) in [6.45, 7) is 6.41. The molecular formula is C20H25BrN2O3. The number of halogens is 1. The third-order valence-corrected chi connectivity index (χ3v) is 7.57. The first kappa shape index (κ1) is 19.1. The van der Waals surface area contributed by atoms with Crippen molar-refractivity contribution < 1.29 is 14.4 Å². The van der Waals surface area contributed by atoms with Crippen molar-refractivity contribution in [3.8, 4) is 0 Å².